The molecular formula is C17H15Cl2NO5. The van der Waals surface area contributed by atoms with Crippen LogP contribution in [0.1, 0.15) is 12.8 Å². The molecule has 1 aromatic rings. The Morgan fingerprint density at radius 2 is 2.08 bits per heavy atom. The molecule has 1 aliphatic heterocycles. The number of fused-ring (bicyclic) bond motifs is 1. The van der Waals surface area contributed by atoms with Crippen molar-refractivity contribution in [3.63, 3.8) is 0 Å². The van der Waals surface area contributed by atoms with E-state index in [4.69, 9.17) is 32.7 Å². The van der Waals surface area contributed by atoms with Crippen LogP contribution >= 0.6 is 23.2 Å². The van der Waals surface area contributed by atoms with Crippen molar-refractivity contribution >= 4 is 46.7 Å². The second kappa shape index (κ2) is 6.18. The summed E-state index contributed by atoms with van der Waals surface area (Å²) in [5, 5.41) is 3.30. The number of hydrogen-bond acceptors (Lipinski definition) is 5. The molecule has 1 aromatic carbocycles. The van der Waals surface area contributed by atoms with Gasteiger partial charge in [0.05, 0.1) is 22.5 Å². The van der Waals surface area contributed by atoms with Crippen LogP contribution < -0.4 is 5.32 Å². The number of nitrogens with one attached hydrogen (secondary N) is 1. The van der Waals surface area contributed by atoms with Gasteiger partial charge in [-0.3, -0.25) is 14.4 Å². The third-order valence-corrected chi connectivity index (χ3v) is 5.87. The first-order valence-electron chi connectivity index (χ1n) is 8.06. The first-order chi connectivity index (χ1) is 11.9. The first-order valence-corrected chi connectivity index (χ1v) is 8.81. The highest BCUT2D eigenvalue weighted by Gasteiger charge is 2.64. The standard InChI is InChI=1S/C17H15Cl2NO5/c18-8-1-2-10(19)11(5-8)20-13(21)6-24-16(22)14-7-3-9-12(4-7)25-17(23)15(9)14/h1-2,5,7,9,12,14-15H,3-4,6H2,(H,20,21)/t7-,9+,12-,14-,15+/m1/s1. The molecule has 2 bridgehead atoms. The molecule has 132 valence electrons. The van der Waals surface area contributed by atoms with E-state index in [9.17, 15) is 14.4 Å². The second-order valence-electron chi connectivity index (χ2n) is 6.70. The molecule has 8 heteroatoms. The van der Waals surface area contributed by atoms with E-state index in [1.807, 2.05) is 0 Å². The number of carbonyl (C=O) groups excluding carboxylic acids is 3. The number of hydrogen-bond donors (Lipinski definition) is 1. The molecule has 3 fully saturated rings. The fraction of sp³-hybridized carbons (Fsp3) is 0.471. The summed E-state index contributed by atoms with van der Waals surface area (Å²) in [6.07, 6.45) is 1.47. The molecule has 0 aromatic heterocycles. The zero-order valence-corrected chi connectivity index (χ0v) is 14.5. The number of benzene rings is 1. The molecule has 1 N–H and O–H groups in total. The number of halogens is 2. The Labute approximate surface area is 153 Å². The van der Waals surface area contributed by atoms with E-state index in [0.717, 1.165) is 6.42 Å². The summed E-state index contributed by atoms with van der Waals surface area (Å²) < 4.78 is 10.4. The van der Waals surface area contributed by atoms with Gasteiger partial charge in [-0.2, -0.15) is 0 Å². The van der Waals surface area contributed by atoms with Crippen molar-refractivity contribution in [1.82, 2.24) is 0 Å². The highest BCUT2D eigenvalue weighted by Crippen LogP contribution is 2.57. The minimum atomic E-state index is -0.521. The van der Waals surface area contributed by atoms with Crippen molar-refractivity contribution in [2.45, 2.75) is 18.9 Å². The predicted molar refractivity (Wildman–Crippen MR) is 89.1 cm³/mol. The molecule has 0 radical (unpaired) electrons. The monoisotopic (exact) mass is 383 g/mol. The number of ether oxygens (including phenoxy) is 2. The molecule has 1 heterocycles. The van der Waals surface area contributed by atoms with E-state index in [0.29, 0.717) is 22.2 Å². The lowest BCUT2D eigenvalue weighted by atomic mass is 9.80. The van der Waals surface area contributed by atoms with Gasteiger partial charge in [0, 0.05) is 10.9 Å². The van der Waals surface area contributed by atoms with Crippen molar-refractivity contribution in [2.75, 3.05) is 11.9 Å². The lowest BCUT2D eigenvalue weighted by Crippen LogP contribution is -2.35. The van der Waals surface area contributed by atoms with Crippen LogP contribution in [0.2, 0.25) is 10.0 Å². The van der Waals surface area contributed by atoms with Gasteiger partial charge in [-0.05, 0) is 37.0 Å². The van der Waals surface area contributed by atoms with Crippen LogP contribution in [0.3, 0.4) is 0 Å². The number of rotatable bonds is 4. The molecule has 6 nitrogen and oxygen atoms in total. The quantitative estimate of drug-likeness (QED) is 0.808. The van der Waals surface area contributed by atoms with Gasteiger partial charge in [0.15, 0.2) is 6.61 Å². The Hall–Kier alpha value is -1.79. The molecule has 0 unspecified atom stereocenters. The average molecular weight is 384 g/mol. The maximum absolute atomic E-state index is 12.4. The molecule has 2 saturated carbocycles. The van der Waals surface area contributed by atoms with E-state index < -0.39 is 30.3 Å². The number of anilines is 1. The summed E-state index contributed by atoms with van der Waals surface area (Å²) in [4.78, 5) is 36.3. The molecule has 3 aliphatic rings. The Morgan fingerprint density at radius 1 is 1.28 bits per heavy atom. The SMILES string of the molecule is O=C(COC(=O)[C@@H]1[C@@H]2C[C@@H]3[C@@H]1C(=O)O[C@@H]3C2)Nc1cc(Cl)ccc1Cl. The van der Waals surface area contributed by atoms with Crippen LogP contribution in [0.25, 0.3) is 0 Å². The van der Waals surface area contributed by atoms with Crippen LogP contribution in [0, 0.1) is 23.7 Å². The van der Waals surface area contributed by atoms with Gasteiger partial charge in [0.2, 0.25) is 0 Å². The van der Waals surface area contributed by atoms with Gasteiger partial charge in [0.25, 0.3) is 5.91 Å². The summed E-state index contributed by atoms with van der Waals surface area (Å²) in [5.41, 5.74) is 0.345. The fourth-order valence-electron chi connectivity index (χ4n) is 4.34. The molecule has 1 saturated heterocycles. The molecule has 25 heavy (non-hydrogen) atoms. The number of carbonyl (C=O) groups is 3. The maximum Gasteiger partial charge on any atom is 0.310 e. The molecule has 2 aliphatic carbocycles. The number of amides is 1. The smallest absolute Gasteiger partial charge is 0.310 e. The van der Waals surface area contributed by atoms with Crippen LogP contribution in [0.4, 0.5) is 5.69 Å². The largest absolute Gasteiger partial charge is 0.462 e. The normalized spacial score (nSPS) is 31.8. The van der Waals surface area contributed by atoms with Gasteiger partial charge in [-0.15, -0.1) is 0 Å². The van der Waals surface area contributed by atoms with E-state index in [1.165, 1.54) is 6.07 Å². The van der Waals surface area contributed by atoms with E-state index in [-0.39, 0.29) is 23.9 Å². The van der Waals surface area contributed by atoms with Crippen molar-refractivity contribution < 1.29 is 23.9 Å². The van der Waals surface area contributed by atoms with Gasteiger partial charge >= 0.3 is 11.9 Å². The van der Waals surface area contributed by atoms with Crippen molar-refractivity contribution in [3.05, 3.63) is 28.2 Å². The van der Waals surface area contributed by atoms with Gasteiger partial charge in [-0.25, -0.2) is 0 Å². The zero-order valence-electron chi connectivity index (χ0n) is 13.0. The summed E-state index contributed by atoms with van der Waals surface area (Å²) in [6.45, 7) is -0.444. The van der Waals surface area contributed by atoms with E-state index >= 15 is 0 Å². The molecular weight excluding hydrogens is 369 g/mol. The summed E-state index contributed by atoms with van der Waals surface area (Å²) in [5.74, 6) is -2.04. The van der Waals surface area contributed by atoms with Crippen LogP contribution in [0.15, 0.2) is 18.2 Å². The average Bonchev–Trinajstić information content (AvgIpc) is 3.18. The van der Waals surface area contributed by atoms with Crippen molar-refractivity contribution in [1.29, 1.82) is 0 Å². The van der Waals surface area contributed by atoms with Gasteiger partial charge in [0.1, 0.15) is 6.10 Å². The fourth-order valence-corrected chi connectivity index (χ4v) is 4.67. The minimum absolute atomic E-state index is 0.0418. The third-order valence-electron chi connectivity index (χ3n) is 5.30. The lowest BCUT2D eigenvalue weighted by molar-refractivity contribution is -0.157. The van der Waals surface area contributed by atoms with E-state index in [2.05, 4.69) is 5.32 Å². The van der Waals surface area contributed by atoms with Gasteiger partial charge < -0.3 is 14.8 Å². The predicted octanol–water partition coefficient (Wildman–Crippen LogP) is 2.67. The summed E-state index contributed by atoms with van der Waals surface area (Å²) >= 11 is 11.8. The Balaban J connectivity index is 1.35. The van der Waals surface area contributed by atoms with Crippen molar-refractivity contribution in [2.24, 2.45) is 23.7 Å². The number of esters is 2. The van der Waals surface area contributed by atoms with Crippen LogP contribution in [-0.2, 0) is 23.9 Å². The maximum atomic E-state index is 12.4. The molecule has 5 atom stereocenters. The first kappa shape index (κ1) is 16.7. The van der Waals surface area contributed by atoms with E-state index in [1.54, 1.807) is 12.1 Å². The van der Waals surface area contributed by atoms with Gasteiger partial charge in [-0.1, -0.05) is 23.2 Å². The molecule has 4 rings (SSSR count). The van der Waals surface area contributed by atoms with Crippen molar-refractivity contribution in [3.8, 4) is 0 Å². The topological polar surface area (TPSA) is 81.7 Å². The highest BCUT2D eigenvalue weighted by molar-refractivity contribution is 6.35. The Kier molecular flexibility index (Phi) is 4.12. The molecule has 0 spiro atoms. The third kappa shape index (κ3) is 2.87. The minimum Gasteiger partial charge on any atom is -0.462 e. The Bertz CT molecular complexity index is 765. The lowest BCUT2D eigenvalue weighted by Gasteiger charge is -2.22. The Morgan fingerprint density at radius 3 is 2.88 bits per heavy atom. The summed E-state index contributed by atoms with van der Waals surface area (Å²) in [7, 11) is 0. The zero-order chi connectivity index (χ0) is 17.7. The highest BCUT2D eigenvalue weighted by atomic mass is 35.5. The summed E-state index contributed by atoms with van der Waals surface area (Å²) in [6, 6.07) is 4.67. The van der Waals surface area contributed by atoms with Crippen LogP contribution in [0.5, 0.6) is 0 Å². The second-order valence-corrected chi connectivity index (χ2v) is 7.55. The molecule has 1 amide bonds. The van der Waals surface area contributed by atoms with Crippen LogP contribution in [-0.4, -0.2) is 30.6 Å².